The minimum absolute atomic E-state index is 0.118. The summed E-state index contributed by atoms with van der Waals surface area (Å²) in [6.07, 6.45) is 3.07. The molecule has 134 valence electrons. The van der Waals surface area contributed by atoms with Crippen LogP contribution in [-0.2, 0) is 16.8 Å². The highest BCUT2D eigenvalue weighted by atomic mass is 19.1. The van der Waals surface area contributed by atoms with E-state index in [9.17, 15) is 14.3 Å². The molecule has 6 nitrogen and oxygen atoms in total. The first-order valence-electron chi connectivity index (χ1n) is 8.54. The van der Waals surface area contributed by atoms with Gasteiger partial charge < -0.3 is 10.0 Å². The fourth-order valence-corrected chi connectivity index (χ4v) is 3.13. The highest BCUT2D eigenvalue weighted by molar-refractivity contribution is 5.79. The van der Waals surface area contributed by atoms with Crippen LogP contribution in [-0.4, -0.2) is 44.0 Å². The Labute approximate surface area is 146 Å². The van der Waals surface area contributed by atoms with Crippen LogP contribution in [0.2, 0.25) is 0 Å². The molecule has 0 bridgehead atoms. The number of likely N-dealkylation sites (tertiary alicyclic amines) is 1. The summed E-state index contributed by atoms with van der Waals surface area (Å²) in [5, 5.41) is 19.1. The summed E-state index contributed by atoms with van der Waals surface area (Å²) in [5.74, 6) is -0.481. The predicted molar refractivity (Wildman–Crippen MR) is 90.2 cm³/mol. The van der Waals surface area contributed by atoms with E-state index in [0.717, 1.165) is 0 Å². The van der Waals surface area contributed by atoms with Gasteiger partial charge in [-0.2, -0.15) is 0 Å². The second kappa shape index (κ2) is 6.92. The summed E-state index contributed by atoms with van der Waals surface area (Å²) in [6, 6.07) is 6.19. The zero-order chi connectivity index (χ0) is 18.0. The number of hydrogen-bond acceptors (Lipinski definition) is 4. The second-order valence-electron chi connectivity index (χ2n) is 6.93. The lowest BCUT2D eigenvalue weighted by molar-refractivity contribution is -0.138. The molecule has 25 heavy (non-hydrogen) atoms. The van der Waals surface area contributed by atoms with Crippen LogP contribution >= 0.6 is 0 Å². The van der Waals surface area contributed by atoms with Crippen LogP contribution in [0.1, 0.15) is 44.0 Å². The Bertz CT molecular complexity index is 761. The van der Waals surface area contributed by atoms with Crippen molar-refractivity contribution >= 4 is 5.91 Å². The van der Waals surface area contributed by atoms with Gasteiger partial charge in [0.1, 0.15) is 17.1 Å². The molecule has 0 radical (unpaired) electrons. The molecular weight excluding hydrogens is 323 g/mol. The van der Waals surface area contributed by atoms with E-state index in [1.807, 2.05) is 13.8 Å². The maximum atomic E-state index is 13.3. The van der Waals surface area contributed by atoms with Crippen LogP contribution in [0.3, 0.4) is 0 Å². The van der Waals surface area contributed by atoms with E-state index in [1.54, 1.807) is 27.9 Å². The molecule has 3 rings (SSSR count). The fourth-order valence-electron chi connectivity index (χ4n) is 3.13. The standard InChI is InChI=1S/C18H23FN4O2/c1-13(2)23-11-16(20-21-23)18(25)7-4-8-22(12-18)17(24)10-14-5-3-6-15(19)9-14/h3,5-6,9,11,13,25H,4,7-8,10,12H2,1-2H3. The van der Waals surface area contributed by atoms with Crippen molar-refractivity contribution in [1.29, 1.82) is 0 Å². The normalized spacial score (nSPS) is 20.9. The van der Waals surface area contributed by atoms with Crippen molar-refractivity contribution in [3.8, 4) is 0 Å². The number of amides is 1. The fraction of sp³-hybridized carbons (Fsp3) is 0.500. The molecule has 1 atom stereocenters. The summed E-state index contributed by atoms with van der Waals surface area (Å²) in [7, 11) is 0. The first-order chi connectivity index (χ1) is 11.9. The summed E-state index contributed by atoms with van der Waals surface area (Å²) < 4.78 is 15.0. The summed E-state index contributed by atoms with van der Waals surface area (Å²) in [4.78, 5) is 14.2. The predicted octanol–water partition coefficient (Wildman–Crippen LogP) is 2.05. The summed E-state index contributed by atoms with van der Waals surface area (Å²) >= 11 is 0. The van der Waals surface area contributed by atoms with Crippen molar-refractivity contribution in [3.63, 3.8) is 0 Å². The molecule has 1 saturated heterocycles. The molecule has 1 aromatic carbocycles. The molecule has 1 N–H and O–H groups in total. The zero-order valence-electron chi connectivity index (χ0n) is 14.5. The van der Waals surface area contributed by atoms with Crippen LogP contribution < -0.4 is 0 Å². The van der Waals surface area contributed by atoms with E-state index >= 15 is 0 Å². The molecule has 1 fully saturated rings. The van der Waals surface area contributed by atoms with Crippen molar-refractivity contribution in [2.45, 2.75) is 44.8 Å². The number of nitrogens with zero attached hydrogens (tertiary/aromatic N) is 4. The number of piperidine rings is 1. The van der Waals surface area contributed by atoms with E-state index in [1.165, 1.54) is 12.1 Å². The van der Waals surface area contributed by atoms with E-state index in [2.05, 4.69) is 10.3 Å². The highest BCUT2D eigenvalue weighted by Crippen LogP contribution is 2.30. The van der Waals surface area contributed by atoms with Crippen molar-refractivity contribution in [1.82, 2.24) is 19.9 Å². The average molecular weight is 346 g/mol. The Morgan fingerprint density at radius 1 is 1.44 bits per heavy atom. The third-order valence-electron chi connectivity index (χ3n) is 4.58. The third-order valence-corrected chi connectivity index (χ3v) is 4.58. The Hall–Kier alpha value is -2.28. The molecule has 1 aliphatic rings. The van der Waals surface area contributed by atoms with Crippen molar-refractivity contribution in [2.75, 3.05) is 13.1 Å². The Morgan fingerprint density at radius 2 is 2.24 bits per heavy atom. The monoisotopic (exact) mass is 346 g/mol. The van der Waals surface area contributed by atoms with Gasteiger partial charge in [0.25, 0.3) is 0 Å². The third kappa shape index (κ3) is 3.87. The largest absolute Gasteiger partial charge is 0.382 e. The number of carbonyl (C=O) groups excluding carboxylic acids is 1. The summed E-state index contributed by atoms with van der Waals surface area (Å²) in [6.45, 7) is 4.73. The minimum atomic E-state index is -1.19. The molecule has 1 aliphatic heterocycles. The first kappa shape index (κ1) is 17.5. The molecular formula is C18H23FN4O2. The van der Waals surface area contributed by atoms with E-state index in [0.29, 0.717) is 30.6 Å². The van der Waals surface area contributed by atoms with Gasteiger partial charge in [0.2, 0.25) is 5.91 Å². The quantitative estimate of drug-likeness (QED) is 0.920. The van der Waals surface area contributed by atoms with Crippen LogP contribution in [0.4, 0.5) is 4.39 Å². The Morgan fingerprint density at radius 3 is 2.92 bits per heavy atom. The zero-order valence-corrected chi connectivity index (χ0v) is 14.5. The van der Waals surface area contributed by atoms with Gasteiger partial charge in [-0.3, -0.25) is 4.79 Å². The molecule has 1 amide bonds. The van der Waals surface area contributed by atoms with Gasteiger partial charge in [-0.25, -0.2) is 9.07 Å². The number of halogens is 1. The smallest absolute Gasteiger partial charge is 0.227 e. The van der Waals surface area contributed by atoms with Crippen LogP contribution in [0, 0.1) is 5.82 Å². The van der Waals surface area contributed by atoms with Crippen molar-refractivity contribution in [3.05, 3.63) is 47.5 Å². The molecule has 0 aliphatic carbocycles. The lowest BCUT2D eigenvalue weighted by atomic mass is 9.89. The SMILES string of the molecule is CC(C)n1cc(C2(O)CCCN(C(=O)Cc3cccc(F)c3)C2)nn1. The number of rotatable bonds is 4. The topological polar surface area (TPSA) is 71.2 Å². The molecule has 1 aromatic heterocycles. The molecule has 1 unspecified atom stereocenters. The van der Waals surface area contributed by atoms with Crippen molar-refractivity contribution in [2.24, 2.45) is 0 Å². The van der Waals surface area contributed by atoms with Crippen LogP contribution in [0.25, 0.3) is 0 Å². The van der Waals surface area contributed by atoms with Gasteiger partial charge >= 0.3 is 0 Å². The maximum Gasteiger partial charge on any atom is 0.227 e. The van der Waals surface area contributed by atoms with E-state index in [-0.39, 0.29) is 30.7 Å². The van der Waals surface area contributed by atoms with Gasteiger partial charge in [-0.1, -0.05) is 17.3 Å². The number of benzene rings is 1. The molecule has 0 saturated carbocycles. The molecule has 2 heterocycles. The number of hydrogen-bond donors (Lipinski definition) is 1. The maximum absolute atomic E-state index is 13.3. The van der Waals surface area contributed by atoms with E-state index in [4.69, 9.17) is 0 Å². The van der Waals surface area contributed by atoms with Crippen LogP contribution in [0.15, 0.2) is 30.5 Å². The van der Waals surface area contributed by atoms with Gasteiger partial charge in [0, 0.05) is 12.6 Å². The minimum Gasteiger partial charge on any atom is -0.382 e. The van der Waals surface area contributed by atoms with Gasteiger partial charge in [-0.15, -0.1) is 5.10 Å². The number of carbonyl (C=O) groups is 1. The molecule has 7 heteroatoms. The highest BCUT2D eigenvalue weighted by Gasteiger charge is 2.39. The Kier molecular flexibility index (Phi) is 4.85. The Balaban J connectivity index is 1.72. The number of β-amino-alcohol motifs (C(OH)–C–C–N with tert-alkyl or cyclic N) is 1. The first-order valence-corrected chi connectivity index (χ1v) is 8.54. The number of aliphatic hydroxyl groups is 1. The average Bonchev–Trinajstić information content (AvgIpc) is 3.06. The van der Waals surface area contributed by atoms with Crippen LogP contribution in [0.5, 0.6) is 0 Å². The van der Waals surface area contributed by atoms with Gasteiger partial charge in [0.05, 0.1) is 19.2 Å². The number of aromatic nitrogens is 3. The van der Waals surface area contributed by atoms with Gasteiger partial charge in [0.15, 0.2) is 0 Å². The van der Waals surface area contributed by atoms with Gasteiger partial charge in [-0.05, 0) is 44.4 Å². The lowest BCUT2D eigenvalue weighted by Gasteiger charge is -2.38. The summed E-state index contributed by atoms with van der Waals surface area (Å²) in [5.41, 5.74) is -0.0717. The molecule has 2 aromatic rings. The van der Waals surface area contributed by atoms with Crippen molar-refractivity contribution < 1.29 is 14.3 Å². The lowest BCUT2D eigenvalue weighted by Crippen LogP contribution is -2.49. The van der Waals surface area contributed by atoms with E-state index < -0.39 is 5.60 Å². The second-order valence-corrected chi connectivity index (χ2v) is 6.93. The molecule has 0 spiro atoms.